The number of piperazine rings is 1. The van der Waals surface area contributed by atoms with Gasteiger partial charge in [-0.15, -0.1) is 0 Å². The molecule has 1 N–H and O–H groups in total. The molecule has 1 saturated heterocycles. The van der Waals surface area contributed by atoms with Gasteiger partial charge in [-0.2, -0.15) is 4.98 Å². The average molecular weight is 444 g/mol. The summed E-state index contributed by atoms with van der Waals surface area (Å²) < 4.78 is 3.56. The Morgan fingerprint density at radius 3 is 2.48 bits per heavy atom. The van der Waals surface area contributed by atoms with Gasteiger partial charge in [0.15, 0.2) is 5.65 Å². The minimum Gasteiger partial charge on any atom is -0.369 e. The third kappa shape index (κ3) is 3.98. The van der Waals surface area contributed by atoms with E-state index in [1.54, 1.807) is 10.9 Å². The topological polar surface area (TPSA) is 71.2 Å². The Hall–Kier alpha value is -3.65. The summed E-state index contributed by atoms with van der Waals surface area (Å²) in [4.78, 5) is 26.9. The number of hydrogen-bond donors (Lipinski definition) is 1. The lowest BCUT2D eigenvalue weighted by Crippen LogP contribution is -2.44. The summed E-state index contributed by atoms with van der Waals surface area (Å²) in [7, 11) is 2.17. The Bertz CT molecular complexity index is 1330. The first-order chi connectivity index (χ1) is 16.0. The summed E-state index contributed by atoms with van der Waals surface area (Å²) in [6.07, 6.45) is 1.62. The van der Waals surface area contributed by atoms with E-state index in [2.05, 4.69) is 52.3 Å². The highest BCUT2D eigenvalue weighted by Gasteiger charge is 2.18. The molecule has 2 aromatic heterocycles. The summed E-state index contributed by atoms with van der Waals surface area (Å²) >= 11 is 0. The number of hydrogen-bond acceptors (Lipinski definition) is 6. The molecule has 1 aliphatic rings. The number of nitrogens with zero attached hydrogens (tertiary/aromatic N) is 6. The SMILES string of the molecule is CCn1c(=O)c2cnc(Nc3ccc(N4CCN(C)CC4)c(C)c3)nc2n1-c1ccccc1. The number of rotatable bonds is 5. The van der Waals surface area contributed by atoms with Crippen molar-refractivity contribution in [2.75, 3.05) is 43.4 Å². The van der Waals surface area contributed by atoms with Crippen LogP contribution in [0.1, 0.15) is 12.5 Å². The van der Waals surface area contributed by atoms with Crippen molar-refractivity contribution in [3.8, 4) is 5.69 Å². The summed E-state index contributed by atoms with van der Waals surface area (Å²) in [6.45, 7) is 8.86. The summed E-state index contributed by atoms with van der Waals surface area (Å²) in [5.74, 6) is 0.465. The van der Waals surface area contributed by atoms with Gasteiger partial charge in [0.25, 0.3) is 5.56 Å². The average Bonchev–Trinajstić information content (AvgIpc) is 3.11. The van der Waals surface area contributed by atoms with Crippen LogP contribution in [-0.4, -0.2) is 57.5 Å². The van der Waals surface area contributed by atoms with Crippen LogP contribution in [0, 0.1) is 6.92 Å². The molecule has 5 rings (SSSR count). The fourth-order valence-corrected chi connectivity index (χ4v) is 4.47. The van der Waals surface area contributed by atoms with E-state index >= 15 is 0 Å². The molecule has 33 heavy (non-hydrogen) atoms. The van der Waals surface area contributed by atoms with E-state index in [9.17, 15) is 4.79 Å². The second kappa shape index (κ2) is 8.71. The lowest BCUT2D eigenvalue weighted by atomic mass is 10.1. The third-order valence-electron chi connectivity index (χ3n) is 6.27. The van der Waals surface area contributed by atoms with Crippen LogP contribution >= 0.6 is 0 Å². The smallest absolute Gasteiger partial charge is 0.278 e. The van der Waals surface area contributed by atoms with Crippen molar-refractivity contribution in [3.05, 3.63) is 70.6 Å². The van der Waals surface area contributed by atoms with Crippen LogP contribution in [0.15, 0.2) is 59.5 Å². The van der Waals surface area contributed by atoms with Crippen LogP contribution in [0.4, 0.5) is 17.3 Å². The van der Waals surface area contributed by atoms with E-state index in [-0.39, 0.29) is 5.56 Å². The van der Waals surface area contributed by atoms with Gasteiger partial charge in [0.2, 0.25) is 5.95 Å². The van der Waals surface area contributed by atoms with Gasteiger partial charge in [0.05, 0.1) is 5.69 Å². The van der Waals surface area contributed by atoms with Crippen molar-refractivity contribution in [2.24, 2.45) is 0 Å². The van der Waals surface area contributed by atoms with E-state index in [0.29, 0.717) is 23.5 Å². The largest absolute Gasteiger partial charge is 0.369 e. The van der Waals surface area contributed by atoms with Crippen molar-refractivity contribution in [2.45, 2.75) is 20.4 Å². The van der Waals surface area contributed by atoms with Crippen molar-refractivity contribution < 1.29 is 0 Å². The number of nitrogens with one attached hydrogen (secondary N) is 1. The summed E-state index contributed by atoms with van der Waals surface area (Å²) in [5, 5.41) is 3.83. The van der Waals surface area contributed by atoms with Gasteiger partial charge in [-0.05, 0) is 56.8 Å². The third-order valence-corrected chi connectivity index (χ3v) is 6.27. The Labute approximate surface area is 193 Å². The molecular formula is C25H29N7O. The zero-order valence-corrected chi connectivity index (χ0v) is 19.3. The van der Waals surface area contributed by atoms with Crippen LogP contribution in [0.25, 0.3) is 16.7 Å². The number of aromatic nitrogens is 4. The predicted molar refractivity (Wildman–Crippen MR) is 133 cm³/mol. The molecule has 4 aromatic rings. The van der Waals surface area contributed by atoms with Gasteiger partial charge in [-0.1, -0.05) is 18.2 Å². The number of para-hydroxylation sites is 1. The van der Waals surface area contributed by atoms with E-state index < -0.39 is 0 Å². The summed E-state index contributed by atoms with van der Waals surface area (Å²) in [6, 6.07) is 16.2. The molecule has 0 atom stereocenters. The van der Waals surface area contributed by atoms with Gasteiger partial charge in [0.1, 0.15) is 5.39 Å². The molecule has 0 amide bonds. The molecule has 8 nitrogen and oxygen atoms in total. The van der Waals surface area contributed by atoms with Crippen molar-refractivity contribution in [1.82, 2.24) is 24.2 Å². The Morgan fingerprint density at radius 1 is 1.03 bits per heavy atom. The van der Waals surface area contributed by atoms with Gasteiger partial charge in [0, 0.05) is 50.3 Å². The molecule has 1 fully saturated rings. The van der Waals surface area contributed by atoms with Crippen LogP contribution < -0.4 is 15.8 Å². The number of likely N-dealkylation sites (N-methyl/N-ethyl adjacent to an activating group) is 1. The lowest BCUT2D eigenvalue weighted by Gasteiger charge is -2.35. The van der Waals surface area contributed by atoms with Crippen molar-refractivity contribution in [1.29, 1.82) is 0 Å². The second-order valence-corrected chi connectivity index (χ2v) is 8.52. The molecule has 0 unspecified atom stereocenters. The lowest BCUT2D eigenvalue weighted by molar-refractivity contribution is 0.312. The molecule has 0 bridgehead atoms. The summed E-state index contributed by atoms with van der Waals surface area (Å²) in [5.41, 5.74) is 4.80. The Balaban J connectivity index is 1.47. The van der Waals surface area contributed by atoms with Crippen molar-refractivity contribution in [3.63, 3.8) is 0 Å². The van der Waals surface area contributed by atoms with E-state index in [1.165, 1.54) is 11.3 Å². The van der Waals surface area contributed by atoms with Gasteiger partial charge in [-0.25, -0.2) is 14.3 Å². The maximum atomic E-state index is 12.9. The van der Waals surface area contributed by atoms with E-state index in [1.807, 2.05) is 41.9 Å². The maximum absolute atomic E-state index is 12.9. The maximum Gasteiger partial charge on any atom is 0.278 e. The minimum absolute atomic E-state index is 0.0877. The van der Waals surface area contributed by atoms with Crippen LogP contribution in [0.3, 0.4) is 0 Å². The molecular weight excluding hydrogens is 414 g/mol. The highest BCUT2D eigenvalue weighted by atomic mass is 16.1. The minimum atomic E-state index is -0.0877. The fraction of sp³-hybridized carbons (Fsp3) is 0.320. The quantitative estimate of drug-likeness (QED) is 0.510. The molecule has 170 valence electrons. The molecule has 0 saturated carbocycles. The first kappa shape index (κ1) is 21.2. The molecule has 8 heteroatoms. The highest BCUT2D eigenvalue weighted by Crippen LogP contribution is 2.26. The molecule has 0 spiro atoms. The molecule has 2 aromatic carbocycles. The van der Waals surface area contributed by atoms with Crippen LogP contribution in [0.5, 0.6) is 0 Å². The standard InChI is InChI=1S/C25H29N7O/c1-4-31-24(33)21-17-26-25(28-23(21)32(31)20-8-6-5-7-9-20)27-19-10-11-22(18(2)16-19)30-14-12-29(3)13-15-30/h5-11,16-17H,4,12-15H2,1-3H3,(H,26,27,28). The number of fused-ring (bicyclic) bond motifs is 1. The Kier molecular flexibility index (Phi) is 5.60. The van der Waals surface area contributed by atoms with E-state index in [0.717, 1.165) is 37.6 Å². The molecule has 3 heterocycles. The predicted octanol–water partition coefficient (Wildman–Crippen LogP) is 3.41. The van der Waals surface area contributed by atoms with Crippen LogP contribution in [0.2, 0.25) is 0 Å². The first-order valence-corrected chi connectivity index (χ1v) is 11.4. The molecule has 0 radical (unpaired) electrons. The van der Waals surface area contributed by atoms with Gasteiger partial charge in [-0.3, -0.25) is 4.79 Å². The number of benzene rings is 2. The van der Waals surface area contributed by atoms with Gasteiger partial charge >= 0.3 is 0 Å². The zero-order valence-electron chi connectivity index (χ0n) is 19.3. The normalized spacial score (nSPS) is 14.7. The van der Waals surface area contributed by atoms with Crippen molar-refractivity contribution >= 4 is 28.4 Å². The Morgan fingerprint density at radius 2 is 1.79 bits per heavy atom. The van der Waals surface area contributed by atoms with Gasteiger partial charge < -0.3 is 15.1 Å². The molecule has 0 aliphatic carbocycles. The highest BCUT2D eigenvalue weighted by molar-refractivity contribution is 5.77. The monoisotopic (exact) mass is 443 g/mol. The molecule has 1 aliphatic heterocycles. The number of aryl methyl sites for hydroxylation is 1. The first-order valence-electron chi connectivity index (χ1n) is 11.4. The van der Waals surface area contributed by atoms with Crippen LogP contribution in [-0.2, 0) is 6.54 Å². The fourth-order valence-electron chi connectivity index (χ4n) is 4.47. The zero-order chi connectivity index (χ0) is 22.9. The van der Waals surface area contributed by atoms with E-state index in [4.69, 9.17) is 4.98 Å². The number of anilines is 3. The second-order valence-electron chi connectivity index (χ2n) is 8.52.